The Morgan fingerprint density at radius 2 is 2.27 bits per heavy atom. The third kappa shape index (κ3) is 1.21. The van der Waals surface area contributed by atoms with Gasteiger partial charge in [0.05, 0.1) is 5.54 Å². The number of carboxylic acids is 1. The van der Waals surface area contributed by atoms with E-state index in [9.17, 15) is 9.90 Å². The number of carboxylic acid groups (broad SMARTS) is 1. The van der Waals surface area contributed by atoms with Crippen molar-refractivity contribution in [2.24, 2.45) is 0 Å². The highest BCUT2D eigenvalue weighted by atomic mass is 79.9. The van der Waals surface area contributed by atoms with Crippen molar-refractivity contribution in [3.63, 3.8) is 0 Å². The standard InChI is InChI=1S/C11H10BrNO2/c12-6-1-2-8-7(5-6)9(10(14)15)11(13-8)3-4-11/h1-2,5,9,13H,3-4H2,(H,14,15). The molecule has 2 aliphatic rings. The average Bonchev–Trinajstić information content (AvgIpc) is 2.80. The van der Waals surface area contributed by atoms with E-state index in [0.717, 1.165) is 28.6 Å². The Labute approximate surface area is 95.6 Å². The van der Waals surface area contributed by atoms with Gasteiger partial charge in [0.2, 0.25) is 0 Å². The van der Waals surface area contributed by atoms with Crippen molar-refractivity contribution in [3.05, 3.63) is 28.2 Å². The molecule has 78 valence electrons. The van der Waals surface area contributed by atoms with Gasteiger partial charge in [-0.05, 0) is 36.6 Å². The lowest BCUT2D eigenvalue weighted by molar-refractivity contribution is -0.139. The number of hydrogen-bond donors (Lipinski definition) is 2. The summed E-state index contributed by atoms with van der Waals surface area (Å²) >= 11 is 3.38. The number of carbonyl (C=O) groups is 1. The molecule has 1 unspecified atom stereocenters. The van der Waals surface area contributed by atoms with Gasteiger partial charge in [-0.25, -0.2) is 0 Å². The predicted octanol–water partition coefficient (Wildman–Crippen LogP) is 2.58. The summed E-state index contributed by atoms with van der Waals surface area (Å²) in [5.74, 6) is -1.11. The number of nitrogens with one attached hydrogen (secondary N) is 1. The summed E-state index contributed by atoms with van der Waals surface area (Å²) in [4.78, 5) is 11.3. The normalized spacial score (nSPS) is 24.7. The summed E-state index contributed by atoms with van der Waals surface area (Å²) in [6.07, 6.45) is 1.91. The molecule has 0 aromatic heterocycles. The number of anilines is 1. The Balaban J connectivity index is 2.14. The van der Waals surface area contributed by atoms with E-state index in [2.05, 4.69) is 21.2 Å². The Morgan fingerprint density at radius 1 is 1.53 bits per heavy atom. The molecule has 0 radical (unpaired) electrons. The van der Waals surface area contributed by atoms with E-state index < -0.39 is 5.97 Å². The average molecular weight is 268 g/mol. The third-order valence-corrected chi connectivity index (χ3v) is 3.79. The second-order valence-electron chi connectivity index (χ2n) is 4.28. The molecular weight excluding hydrogens is 258 g/mol. The van der Waals surface area contributed by atoms with Crippen LogP contribution >= 0.6 is 15.9 Å². The van der Waals surface area contributed by atoms with Gasteiger partial charge in [-0.2, -0.15) is 0 Å². The molecule has 1 aromatic carbocycles. The van der Waals surface area contributed by atoms with Crippen LogP contribution in [0.3, 0.4) is 0 Å². The largest absolute Gasteiger partial charge is 0.481 e. The molecule has 1 heterocycles. The van der Waals surface area contributed by atoms with Crippen LogP contribution < -0.4 is 5.32 Å². The molecule has 15 heavy (non-hydrogen) atoms. The maximum Gasteiger partial charge on any atom is 0.313 e. The number of benzene rings is 1. The van der Waals surface area contributed by atoms with Gasteiger partial charge in [0.25, 0.3) is 0 Å². The Morgan fingerprint density at radius 3 is 2.87 bits per heavy atom. The van der Waals surface area contributed by atoms with Crippen LogP contribution in [0.25, 0.3) is 0 Å². The molecule has 4 heteroatoms. The molecule has 3 rings (SSSR count). The van der Waals surface area contributed by atoms with Crippen LogP contribution in [0, 0.1) is 0 Å². The van der Waals surface area contributed by atoms with E-state index in [1.54, 1.807) is 0 Å². The van der Waals surface area contributed by atoms with Crippen LogP contribution in [0.1, 0.15) is 24.3 Å². The molecule has 1 fully saturated rings. The zero-order valence-corrected chi connectivity index (χ0v) is 9.54. The van der Waals surface area contributed by atoms with Crippen molar-refractivity contribution in [2.45, 2.75) is 24.3 Å². The SMILES string of the molecule is O=C(O)C1c2cc(Br)ccc2NC12CC2. The van der Waals surface area contributed by atoms with Gasteiger partial charge in [0.1, 0.15) is 5.92 Å². The molecule has 0 amide bonds. The quantitative estimate of drug-likeness (QED) is 0.823. The highest BCUT2D eigenvalue weighted by molar-refractivity contribution is 9.10. The maximum atomic E-state index is 11.3. The van der Waals surface area contributed by atoms with Gasteiger partial charge in [0, 0.05) is 10.2 Å². The highest BCUT2D eigenvalue weighted by Crippen LogP contribution is 2.56. The van der Waals surface area contributed by atoms with Crippen LogP contribution in [0.5, 0.6) is 0 Å². The predicted molar refractivity (Wildman–Crippen MR) is 60.1 cm³/mol. The topological polar surface area (TPSA) is 49.3 Å². The van der Waals surface area contributed by atoms with E-state index in [1.165, 1.54) is 0 Å². The number of fused-ring (bicyclic) bond motifs is 1. The van der Waals surface area contributed by atoms with Gasteiger partial charge in [-0.1, -0.05) is 15.9 Å². The fourth-order valence-corrected chi connectivity index (χ4v) is 2.82. The van der Waals surface area contributed by atoms with Crippen molar-refractivity contribution in [3.8, 4) is 0 Å². The highest BCUT2D eigenvalue weighted by Gasteiger charge is 2.57. The molecule has 3 nitrogen and oxygen atoms in total. The summed E-state index contributed by atoms with van der Waals surface area (Å²) in [7, 11) is 0. The second kappa shape index (κ2) is 2.76. The summed E-state index contributed by atoms with van der Waals surface area (Å²) in [6, 6.07) is 5.79. The van der Waals surface area contributed by atoms with Crippen LogP contribution in [0.15, 0.2) is 22.7 Å². The van der Waals surface area contributed by atoms with Gasteiger partial charge in [-0.15, -0.1) is 0 Å². The molecule has 1 aliphatic heterocycles. The van der Waals surface area contributed by atoms with Crippen LogP contribution in [-0.2, 0) is 4.79 Å². The zero-order valence-electron chi connectivity index (χ0n) is 7.96. The molecule has 2 N–H and O–H groups in total. The number of aliphatic carboxylic acids is 1. The molecule has 1 aromatic rings. The van der Waals surface area contributed by atoms with E-state index >= 15 is 0 Å². The summed E-state index contributed by atoms with van der Waals surface area (Å²) < 4.78 is 0.937. The summed E-state index contributed by atoms with van der Waals surface area (Å²) in [6.45, 7) is 0. The summed E-state index contributed by atoms with van der Waals surface area (Å²) in [5, 5.41) is 12.6. The molecule has 1 atom stereocenters. The first-order valence-electron chi connectivity index (χ1n) is 4.93. The van der Waals surface area contributed by atoms with Crippen LogP contribution in [0.4, 0.5) is 5.69 Å². The first kappa shape index (κ1) is 9.21. The minimum atomic E-state index is -0.725. The van der Waals surface area contributed by atoms with Crippen molar-refractivity contribution >= 4 is 27.6 Å². The molecule has 0 bridgehead atoms. The first-order chi connectivity index (χ1) is 7.12. The lowest BCUT2D eigenvalue weighted by Gasteiger charge is -2.14. The minimum absolute atomic E-state index is 0.186. The lowest BCUT2D eigenvalue weighted by Crippen LogP contribution is -2.28. The zero-order chi connectivity index (χ0) is 10.6. The Kier molecular flexibility index (Phi) is 1.69. The van der Waals surface area contributed by atoms with Gasteiger partial charge in [-0.3, -0.25) is 4.79 Å². The fourth-order valence-electron chi connectivity index (χ4n) is 2.44. The molecule has 0 saturated heterocycles. The van der Waals surface area contributed by atoms with Gasteiger partial charge < -0.3 is 10.4 Å². The smallest absolute Gasteiger partial charge is 0.313 e. The van der Waals surface area contributed by atoms with Crippen LogP contribution in [0.2, 0.25) is 0 Å². The van der Waals surface area contributed by atoms with Crippen molar-refractivity contribution in [2.75, 3.05) is 5.32 Å². The second-order valence-corrected chi connectivity index (χ2v) is 5.20. The maximum absolute atomic E-state index is 11.3. The van der Waals surface area contributed by atoms with E-state index in [4.69, 9.17) is 0 Å². The minimum Gasteiger partial charge on any atom is -0.481 e. The molecule has 1 aliphatic carbocycles. The van der Waals surface area contributed by atoms with Crippen molar-refractivity contribution in [1.82, 2.24) is 0 Å². The number of hydrogen-bond acceptors (Lipinski definition) is 2. The number of rotatable bonds is 1. The molecule has 1 saturated carbocycles. The lowest BCUT2D eigenvalue weighted by atomic mass is 9.93. The van der Waals surface area contributed by atoms with E-state index in [-0.39, 0.29) is 11.5 Å². The van der Waals surface area contributed by atoms with E-state index in [1.807, 2.05) is 18.2 Å². The third-order valence-electron chi connectivity index (χ3n) is 3.30. The van der Waals surface area contributed by atoms with Crippen molar-refractivity contribution < 1.29 is 9.90 Å². The molecular formula is C11H10BrNO2. The fraction of sp³-hybridized carbons (Fsp3) is 0.364. The van der Waals surface area contributed by atoms with E-state index in [0.29, 0.717) is 0 Å². The Hall–Kier alpha value is -1.03. The monoisotopic (exact) mass is 267 g/mol. The Bertz CT molecular complexity index is 454. The van der Waals surface area contributed by atoms with Gasteiger partial charge >= 0.3 is 5.97 Å². The van der Waals surface area contributed by atoms with Crippen molar-refractivity contribution in [1.29, 1.82) is 0 Å². The van der Waals surface area contributed by atoms with Crippen LogP contribution in [-0.4, -0.2) is 16.6 Å². The number of halogens is 1. The first-order valence-corrected chi connectivity index (χ1v) is 5.72. The molecule has 1 spiro atoms. The van der Waals surface area contributed by atoms with Gasteiger partial charge in [0.15, 0.2) is 0 Å². The summed E-state index contributed by atoms with van der Waals surface area (Å²) in [5.41, 5.74) is 1.70.